The van der Waals surface area contributed by atoms with Gasteiger partial charge in [0.2, 0.25) is 0 Å². The molecule has 0 aliphatic carbocycles. The number of methoxy groups -OCH3 is 1. The number of benzene rings is 2. The summed E-state index contributed by atoms with van der Waals surface area (Å²) in [6, 6.07) is 12.6. The number of carbonyl (C=O) groups excluding carboxylic acids is 2. The Hall–Kier alpha value is -2.00. The molecule has 1 fully saturated rings. The molecule has 0 spiro atoms. The summed E-state index contributed by atoms with van der Waals surface area (Å²) >= 11 is 3.09. The first kappa shape index (κ1) is 18.8. The van der Waals surface area contributed by atoms with E-state index in [1.54, 1.807) is 43.5 Å². The van der Waals surface area contributed by atoms with Crippen LogP contribution >= 0.6 is 34.4 Å². The van der Waals surface area contributed by atoms with Crippen LogP contribution in [0, 0.1) is 3.57 Å². The number of hydrogen-bond acceptors (Lipinski definition) is 5. The van der Waals surface area contributed by atoms with Crippen LogP contribution in [0.3, 0.4) is 0 Å². The molecular weight excluding hydrogens is 465 g/mol. The van der Waals surface area contributed by atoms with E-state index >= 15 is 0 Å². The van der Waals surface area contributed by atoms with Gasteiger partial charge in [-0.25, -0.2) is 4.90 Å². The minimum absolute atomic E-state index is 0.306. The van der Waals surface area contributed by atoms with Crippen molar-refractivity contribution in [3.05, 3.63) is 56.5 Å². The highest BCUT2D eigenvalue weighted by Crippen LogP contribution is 2.38. The van der Waals surface area contributed by atoms with E-state index in [0.717, 1.165) is 20.9 Å². The Morgan fingerprint density at radius 1 is 1.19 bits per heavy atom. The maximum Gasteiger partial charge on any atom is 0.298 e. The standard InChI is InChI=1S/C19H16INO4S/c1-3-25-17-14(20)9-12(10-15(17)24-2)11-16-18(22)21(19(23)26-16)13-7-5-4-6-8-13/h4-11H,3H2,1-2H3/b16-11+. The molecule has 0 aromatic heterocycles. The Bertz CT molecular complexity index is 883. The molecule has 1 aliphatic rings. The molecule has 2 aromatic rings. The lowest BCUT2D eigenvalue weighted by Crippen LogP contribution is -2.27. The first-order valence-corrected chi connectivity index (χ1v) is 9.78. The first-order chi connectivity index (χ1) is 12.5. The van der Waals surface area contributed by atoms with Crippen molar-refractivity contribution in [1.29, 1.82) is 0 Å². The van der Waals surface area contributed by atoms with Gasteiger partial charge in [0.15, 0.2) is 11.5 Å². The highest BCUT2D eigenvalue weighted by Gasteiger charge is 2.36. The number of ether oxygens (including phenoxy) is 2. The number of carbonyl (C=O) groups is 2. The summed E-state index contributed by atoms with van der Waals surface area (Å²) in [6.45, 7) is 2.44. The van der Waals surface area contributed by atoms with Gasteiger partial charge in [0.25, 0.3) is 11.1 Å². The number of nitrogens with zero attached hydrogens (tertiary/aromatic N) is 1. The Balaban J connectivity index is 1.95. The van der Waals surface area contributed by atoms with E-state index in [1.807, 2.05) is 19.1 Å². The fourth-order valence-electron chi connectivity index (χ4n) is 2.53. The van der Waals surface area contributed by atoms with Crippen LogP contribution in [-0.2, 0) is 4.79 Å². The minimum atomic E-state index is -0.325. The molecule has 0 unspecified atom stereocenters. The smallest absolute Gasteiger partial charge is 0.298 e. The minimum Gasteiger partial charge on any atom is -0.493 e. The zero-order valence-corrected chi connectivity index (χ0v) is 17.2. The fourth-order valence-corrected chi connectivity index (χ4v) is 4.15. The molecule has 0 bridgehead atoms. The first-order valence-electron chi connectivity index (χ1n) is 7.88. The van der Waals surface area contributed by atoms with Crippen molar-refractivity contribution in [3.8, 4) is 11.5 Å². The number of hydrogen-bond donors (Lipinski definition) is 0. The molecule has 1 aliphatic heterocycles. The lowest BCUT2D eigenvalue weighted by Gasteiger charge is -2.13. The van der Waals surface area contributed by atoms with Crippen molar-refractivity contribution < 1.29 is 19.1 Å². The van der Waals surface area contributed by atoms with Crippen molar-refractivity contribution in [2.24, 2.45) is 0 Å². The Morgan fingerprint density at radius 3 is 2.58 bits per heavy atom. The molecule has 1 heterocycles. The van der Waals surface area contributed by atoms with E-state index in [1.165, 1.54) is 4.90 Å². The predicted molar refractivity (Wildman–Crippen MR) is 112 cm³/mol. The second-order valence-corrected chi connectivity index (χ2v) is 7.48. The summed E-state index contributed by atoms with van der Waals surface area (Å²) in [5.41, 5.74) is 1.34. The quantitative estimate of drug-likeness (QED) is 0.448. The van der Waals surface area contributed by atoms with Gasteiger partial charge >= 0.3 is 0 Å². The van der Waals surface area contributed by atoms with Gasteiger partial charge < -0.3 is 9.47 Å². The van der Waals surface area contributed by atoms with Gasteiger partial charge in [0.1, 0.15) is 0 Å². The van der Waals surface area contributed by atoms with Gasteiger partial charge in [-0.05, 0) is 77.2 Å². The van der Waals surface area contributed by atoms with Crippen LogP contribution < -0.4 is 14.4 Å². The molecule has 134 valence electrons. The van der Waals surface area contributed by atoms with Crippen molar-refractivity contribution in [3.63, 3.8) is 0 Å². The Kier molecular flexibility index (Phi) is 5.87. The Labute approximate surface area is 169 Å². The molecule has 0 saturated carbocycles. The topological polar surface area (TPSA) is 55.8 Å². The van der Waals surface area contributed by atoms with Gasteiger partial charge in [0.05, 0.1) is 27.9 Å². The maximum absolute atomic E-state index is 12.7. The summed E-state index contributed by atoms with van der Waals surface area (Å²) in [5.74, 6) is 0.937. The molecular formula is C19H16INO4S. The predicted octanol–water partition coefficient (Wildman–Crippen LogP) is 4.94. The molecule has 1 saturated heterocycles. The lowest BCUT2D eigenvalue weighted by atomic mass is 10.1. The summed E-state index contributed by atoms with van der Waals surface area (Å²) in [5, 5.41) is -0.306. The second-order valence-electron chi connectivity index (χ2n) is 5.32. The van der Waals surface area contributed by atoms with E-state index in [2.05, 4.69) is 22.6 Å². The molecule has 2 amide bonds. The molecule has 0 N–H and O–H groups in total. The van der Waals surface area contributed by atoms with Crippen molar-refractivity contribution >= 4 is 57.3 Å². The molecule has 7 heteroatoms. The fraction of sp³-hybridized carbons (Fsp3) is 0.158. The van der Waals surface area contributed by atoms with Crippen LogP contribution in [0.2, 0.25) is 0 Å². The zero-order chi connectivity index (χ0) is 18.7. The normalized spacial score (nSPS) is 15.7. The Morgan fingerprint density at radius 2 is 1.92 bits per heavy atom. The van der Waals surface area contributed by atoms with Gasteiger partial charge in [-0.2, -0.15) is 0 Å². The van der Waals surface area contributed by atoms with E-state index in [-0.39, 0.29) is 11.1 Å². The van der Waals surface area contributed by atoms with Gasteiger partial charge in [-0.3, -0.25) is 9.59 Å². The van der Waals surface area contributed by atoms with Crippen LogP contribution in [0.1, 0.15) is 12.5 Å². The average Bonchev–Trinajstić information content (AvgIpc) is 2.91. The number of rotatable bonds is 5. The highest BCUT2D eigenvalue weighted by atomic mass is 127. The van der Waals surface area contributed by atoms with Gasteiger partial charge in [0, 0.05) is 0 Å². The molecule has 2 aromatic carbocycles. The summed E-state index contributed by atoms with van der Waals surface area (Å²) in [7, 11) is 1.57. The number of thioether (sulfide) groups is 1. The maximum atomic E-state index is 12.7. The molecule has 26 heavy (non-hydrogen) atoms. The third-order valence-corrected chi connectivity index (χ3v) is 5.32. The third-order valence-electron chi connectivity index (χ3n) is 3.65. The van der Waals surface area contributed by atoms with E-state index < -0.39 is 0 Å². The largest absolute Gasteiger partial charge is 0.493 e. The zero-order valence-electron chi connectivity index (χ0n) is 14.2. The molecule has 3 rings (SSSR count). The highest BCUT2D eigenvalue weighted by molar-refractivity contribution is 14.1. The van der Waals surface area contributed by atoms with E-state index in [0.29, 0.717) is 28.7 Å². The molecule has 5 nitrogen and oxygen atoms in total. The van der Waals surface area contributed by atoms with Crippen molar-refractivity contribution in [2.75, 3.05) is 18.6 Å². The summed E-state index contributed by atoms with van der Waals surface area (Å²) < 4.78 is 11.9. The average molecular weight is 481 g/mol. The van der Waals surface area contributed by atoms with Crippen LogP contribution in [0.15, 0.2) is 47.4 Å². The van der Waals surface area contributed by atoms with Crippen LogP contribution in [0.4, 0.5) is 10.5 Å². The number of halogens is 1. The lowest BCUT2D eigenvalue weighted by molar-refractivity contribution is -0.113. The van der Waals surface area contributed by atoms with E-state index in [9.17, 15) is 9.59 Å². The molecule has 0 radical (unpaired) electrons. The number of para-hydroxylation sites is 1. The number of anilines is 1. The number of imide groups is 1. The van der Waals surface area contributed by atoms with Crippen molar-refractivity contribution in [2.45, 2.75) is 6.92 Å². The summed E-state index contributed by atoms with van der Waals surface area (Å²) in [6.07, 6.45) is 1.70. The monoisotopic (exact) mass is 481 g/mol. The van der Waals surface area contributed by atoms with Crippen molar-refractivity contribution in [1.82, 2.24) is 0 Å². The number of amides is 2. The summed E-state index contributed by atoms with van der Waals surface area (Å²) in [4.78, 5) is 26.5. The van der Waals surface area contributed by atoms with Gasteiger partial charge in [-0.1, -0.05) is 18.2 Å². The van der Waals surface area contributed by atoms with E-state index in [4.69, 9.17) is 9.47 Å². The molecule has 0 atom stereocenters. The van der Waals surface area contributed by atoms with Crippen LogP contribution in [-0.4, -0.2) is 24.9 Å². The van der Waals surface area contributed by atoms with Crippen LogP contribution in [0.5, 0.6) is 11.5 Å². The van der Waals surface area contributed by atoms with Crippen LogP contribution in [0.25, 0.3) is 6.08 Å². The SMILES string of the molecule is CCOc1c(I)cc(/C=C2/SC(=O)N(c3ccccc3)C2=O)cc1OC. The second kappa shape index (κ2) is 8.13. The third kappa shape index (κ3) is 3.73. The van der Waals surface area contributed by atoms with Gasteiger partial charge in [-0.15, -0.1) is 0 Å².